The molecule has 0 heterocycles. The standard InChI is InChI=1S/C12H23NO6S/c1-9(11(16)19-4)20(17,18)13-8-7-12(2,3)6-5-10(14)15/h9,13H,5-8H2,1-4H3,(H,14,15). The predicted octanol–water partition coefficient (Wildman–Crippen LogP) is 0.748. The van der Waals surface area contributed by atoms with Crippen molar-refractivity contribution in [3.8, 4) is 0 Å². The molecule has 0 aromatic carbocycles. The first-order valence-corrected chi connectivity index (χ1v) is 7.84. The van der Waals surface area contributed by atoms with Crippen LogP contribution in [0.2, 0.25) is 0 Å². The number of sulfonamides is 1. The maximum absolute atomic E-state index is 11.8. The summed E-state index contributed by atoms with van der Waals surface area (Å²) in [6.45, 7) is 5.14. The zero-order valence-corrected chi connectivity index (χ0v) is 13.1. The summed E-state index contributed by atoms with van der Waals surface area (Å²) < 4.78 is 30.3. The molecule has 0 aliphatic rings. The lowest BCUT2D eigenvalue weighted by Crippen LogP contribution is -2.39. The van der Waals surface area contributed by atoms with E-state index >= 15 is 0 Å². The Morgan fingerprint density at radius 1 is 1.30 bits per heavy atom. The molecule has 0 spiro atoms. The molecule has 1 unspecified atom stereocenters. The second kappa shape index (κ2) is 7.58. The SMILES string of the molecule is COC(=O)C(C)S(=O)(=O)NCCC(C)(C)CCC(=O)O. The number of nitrogens with one attached hydrogen (secondary N) is 1. The van der Waals surface area contributed by atoms with Crippen molar-refractivity contribution in [3.05, 3.63) is 0 Å². The molecular formula is C12H23NO6S. The first-order chi connectivity index (χ1) is 9.02. The van der Waals surface area contributed by atoms with Gasteiger partial charge in [0.1, 0.15) is 0 Å². The number of aliphatic carboxylic acids is 1. The number of methoxy groups -OCH3 is 1. The molecule has 1 atom stereocenters. The van der Waals surface area contributed by atoms with Gasteiger partial charge in [-0.3, -0.25) is 9.59 Å². The number of carbonyl (C=O) groups excluding carboxylic acids is 1. The maximum Gasteiger partial charge on any atom is 0.325 e. The fourth-order valence-electron chi connectivity index (χ4n) is 1.52. The average molecular weight is 309 g/mol. The second-order valence-electron chi connectivity index (χ2n) is 5.41. The van der Waals surface area contributed by atoms with Gasteiger partial charge in [-0.1, -0.05) is 13.8 Å². The van der Waals surface area contributed by atoms with Crippen molar-refractivity contribution >= 4 is 22.0 Å². The van der Waals surface area contributed by atoms with Crippen molar-refractivity contribution in [3.63, 3.8) is 0 Å². The fourth-order valence-corrected chi connectivity index (χ4v) is 2.51. The van der Waals surface area contributed by atoms with Gasteiger partial charge in [0.05, 0.1) is 7.11 Å². The Balaban J connectivity index is 4.35. The molecule has 0 bridgehead atoms. The van der Waals surface area contributed by atoms with Crippen molar-refractivity contribution in [1.29, 1.82) is 0 Å². The second-order valence-corrected chi connectivity index (χ2v) is 7.50. The Bertz CT molecular complexity index is 443. The Morgan fingerprint density at radius 3 is 2.30 bits per heavy atom. The molecular weight excluding hydrogens is 286 g/mol. The monoisotopic (exact) mass is 309 g/mol. The van der Waals surface area contributed by atoms with Crippen LogP contribution < -0.4 is 4.72 Å². The lowest BCUT2D eigenvalue weighted by atomic mass is 9.84. The zero-order valence-electron chi connectivity index (χ0n) is 12.3. The Labute approximate surface area is 119 Å². The molecule has 0 radical (unpaired) electrons. The summed E-state index contributed by atoms with van der Waals surface area (Å²) in [6, 6.07) is 0. The van der Waals surface area contributed by atoms with Gasteiger partial charge in [0.25, 0.3) is 0 Å². The molecule has 0 aromatic heterocycles. The minimum Gasteiger partial charge on any atom is -0.481 e. The Hall–Kier alpha value is -1.15. The number of esters is 1. The maximum atomic E-state index is 11.8. The molecule has 118 valence electrons. The average Bonchev–Trinajstić information content (AvgIpc) is 2.34. The summed E-state index contributed by atoms with van der Waals surface area (Å²) >= 11 is 0. The van der Waals surface area contributed by atoms with Crippen molar-refractivity contribution < 1.29 is 27.9 Å². The molecule has 0 rings (SSSR count). The Kier molecular flexibility index (Phi) is 7.15. The number of hydrogen-bond acceptors (Lipinski definition) is 5. The number of carboxylic acids is 1. The van der Waals surface area contributed by atoms with Gasteiger partial charge in [0, 0.05) is 13.0 Å². The van der Waals surface area contributed by atoms with Crippen molar-refractivity contribution in [2.75, 3.05) is 13.7 Å². The van der Waals surface area contributed by atoms with Gasteiger partial charge in [-0.25, -0.2) is 13.1 Å². The highest BCUT2D eigenvalue weighted by molar-refractivity contribution is 7.90. The quantitative estimate of drug-likeness (QED) is 0.608. The number of hydrogen-bond donors (Lipinski definition) is 2. The van der Waals surface area contributed by atoms with Gasteiger partial charge in [-0.2, -0.15) is 0 Å². The molecule has 0 saturated carbocycles. The number of rotatable bonds is 9. The van der Waals surface area contributed by atoms with Crippen LogP contribution in [0.25, 0.3) is 0 Å². The normalized spacial score (nSPS) is 13.8. The van der Waals surface area contributed by atoms with E-state index in [1.807, 2.05) is 13.8 Å². The van der Waals surface area contributed by atoms with Crippen LogP contribution >= 0.6 is 0 Å². The van der Waals surface area contributed by atoms with Crippen LogP contribution in [0.1, 0.15) is 40.0 Å². The molecule has 2 N–H and O–H groups in total. The van der Waals surface area contributed by atoms with E-state index in [1.165, 1.54) is 6.92 Å². The molecule has 0 aliphatic heterocycles. The molecule has 0 aliphatic carbocycles. The highest BCUT2D eigenvalue weighted by Crippen LogP contribution is 2.26. The van der Waals surface area contributed by atoms with E-state index in [9.17, 15) is 18.0 Å². The zero-order chi connectivity index (χ0) is 16.0. The molecule has 8 heteroatoms. The Morgan fingerprint density at radius 2 is 1.85 bits per heavy atom. The van der Waals surface area contributed by atoms with Gasteiger partial charge < -0.3 is 9.84 Å². The highest BCUT2D eigenvalue weighted by atomic mass is 32.2. The van der Waals surface area contributed by atoms with E-state index in [1.54, 1.807) is 0 Å². The van der Waals surface area contributed by atoms with Gasteiger partial charge in [0.2, 0.25) is 10.0 Å². The summed E-state index contributed by atoms with van der Waals surface area (Å²) in [5, 5.41) is 7.36. The van der Waals surface area contributed by atoms with E-state index < -0.39 is 27.2 Å². The van der Waals surface area contributed by atoms with Crippen molar-refractivity contribution in [2.45, 2.75) is 45.3 Å². The minimum atomic E-state index is -3.77. The smallest absolute Gasteiger partial charge is 0.325 e. The molecule has 0 aromatic rings. The summed E-state index contributed by atoms with van der Waals surface area (Å²) in [7, 11) is -2.64. The molecule has 7 nitrogen and oxygen atoms in total. The third-order valence-corrected chi connectivity index (χ3v) is 4.85. The lowest BCUT2D eigenvalue weighted by Gasteiger charge is -2.24. The largest absolute Gasteiger partial charge is 0.481 e. The summed E-state index contributed by atoms with van der Waals surface area (Å²) in [4.78, 5) is 21.7. The van der Waals surface area contributed by atoms with Crippen molar-refractivity contribution in [2.24, 2.45) is 5.41 Å². The number of carboxylic acid groups (broad SMARTS) is 1. The van der Waals surface area contributed by atoms with Crippen LogP contribution in [-0.2, 0) is 24.3 Å². The van der Waals surface area contributed by atoms with E-state index in [0.717, 1.165) is 7.11 Å². The van der Waals surface area contributed by atoms with Crippen LogP contribution in [-0.4, -0.2) is 44.4 Å². The summed E-state index contributed by atoms with van der Waals surface area (Å²) in [5.41, 5.74) is -0.296. The topological polar surface area (TPSA) is 110 Å². The van der Waals surface area contributed by atoms with Gasteiger partial charge in [-0.05, 0) is 25.2 Å². The van der Waals surface area contributed by atoms with Gasteiger partial charge in [0.15, 0.2) is 5.25 Å². The van der Waals surface area contributed by atoms with E-state index in [4.69, 9.17) is 5.11 Å². The molecule has 0 saturated heterocycles. The molecule has 20 heavy (non-hydrogen) atoms. The van der Waals surface area contributed by atoms with Crippen LogP contribution in [0.3, 0.4) is 0 Å². The first kappa shape index (κ1) is 18.9. The van der Waals surface area contributed by atoms with E-state index in [2.05, 4.69) is 9.46 Å². The first-order valence-electron chi connectivity index (χ1n) is 6.30. The van der Waals surface area contributed by atoms with Crippen LogP contribution in [0.5, 0.6) is 0 Å². The van der Waals surface area contributed by atoms with Crippen molar-refractivity contribution in [1.82, 2.24) is 4.72 Å². The summed E-state index contributed by atoms with van der Waals surface area (Å²) in [5.74, 6) is -1.69. The van der Waals surface area contributed by atoms with Gasteiger partial charge >= 0.3 is 11.9 Å². The highest BCUT2D eigenvalue weighted by Gasteiger charge is 2.29. The predicted molar refractivity (Wildman–Crippen MR) is 73.7 cm³/mol. The lowest BCUT2D eigenvalue weighted by molar-refractivity contribution is -0.140. The number of ether oxygens (including phenoxy) is 1. The minimum absolute atomic E-state index is 0.0400. The van der Waals surface area contributed by atoms with Crippen LogP contribution in [0.4, 0.5) is 0 Å². The van der Waals surface area contributed by atoms with E-state index in [-0.39, 0.29) is 18.4 Å². The summed E-state index contributed by atoms with van der Waals surface area (Å²) in [6.07, 6.45) is 0.975. The molecule has 0 amide bonds. The third kappa shape index (κ3) is 6.85. The van der Waals surface area contributed by atoms with E-state index in [0.29, 0.717) is 12.8 Å². The van der Waals surface area contributed by atoms with Crippen LogP contribution in [0.15, 0.2) is 0 Å². The number of carbonyl (C=O) groups is 2. The van der Waals surface area contributed by atoms with Crippen LogP contribution in [0, 0.1) is 5.41 Å². The fraction of sp³-hybridized carbons (Fsp3) is 0.833. The third-order valence-electron chi connectivity index (χ3n) is 3.12. The van der Waals surface area contributed by atoms with Gasteiger partial charge in [-0.15, -0.1) is 0 Å². The molecule has 0 fully saturated rings.